The van der Waals surface area contributed by atoms with Crippen LogP contribution in [0.25, 0.3) is 5.57 Å². The maximum Gasteiger partial charge on any atom is 0.309 e. The smallest absolute Gasteiger partial charge is 0.309 e. The number of nitrogens with zero attached hydrogens (tertiary/aromatic N) is 1. The lowest BCUT2D eigenvalue weighted by atomic mass is 9.85. The third-order valence-electron chi connectivity index (χ3n) is 6.91. The van der Waals surface area contributed by atoms with Crippen molar-refractivity contribution in [1.29, 1.82) is 0 Å². The van der Waals surface area contributed by atoms with E-state index in [1.165, 1.54) is 27.8 Å². The summed E-state index contributed by atoms with van der Waals surface area (Å²) in [6.45, 7) is 11.6. The summed E-state index contributed by atoms with van der Waals surface area (Å²) in [7, 11) is 1.72. The minimum Gasteiger partial charge on any atom is -0.496 e. The summed E-state index contributed by atoms with van der Waals surface area (Å²) in [6.07, 6.45) is 3.00. The summed E-state index contributed by atoms with van der Waals surface area (Å²) in [5.41, 5.74) is 7.90. The molecule has 0 radical (unpaired) electrons. The number of benzene rings is 2. The van der Waals surface area contributed by atoms with Crippen LogP contribution < -0.4 is 9.47 Å². The summed E-state index contributed by atoms with van der Waals surface area (Å²) in [5.74, 6) is 0.869. The predicted octanol–water partition coefficient (Wildman–Crippen LogP) is 5.60. The third-order valence-corrected chi connectivity index (χ3v) is 6.91. The van der Waals surface area contributed by atoms with Crippen molar-refractivity contribution in [3.05, 3.63) is 64.2 Å². The van der Waals surface area contributed by atoms with Crippen molar-refractivity contribution in [2.75, 3.05) is 26.7 Å². The van der Waals surface area contributed by atoms with Crippen molar-refractivity contribution in [3.63, 3.8) is 0 Å². The average molecular weight is 464 g/mol. The molecule has 1 saturated heterocycles. The minimum absolute atomic E-state index is 0.204. The van der Waals surface area contributed by atoms with Gasteiger partial charge in [-0.2, -0.15) is 0 Å². The molecule has 0 unspecified atom stereocenters. The van der Waals surface area contributed by atoms with Crippen molar-refractivity contribution < 1.29 is 19.4 Å². The van der Waals surface area contributed by atoms with Crippen LogP contribution >= 0.6 is 0 Å². The highest BCUT2D eigenvalue weighted by Gasteiger charge is 2.33. The largest absolute Gasteiger partial charge is 0.496 e. The third kappa shape index (κ3) is 5.64. The number of hydrogen-bond acceptors (Lipinski definition) is 4. The highest BCUT2D eigenvalue weighted by Crippen LogP contribution is 2.35. The first-order valence-electron chi connectivity index (χ1n) is 12.2. The zero-order valence-corrected chi connectivity index (χ0v) is 21.1. The summed E-state index contributed by atoms with van der Waals surface area (Å²) in [4.78, 5) is 13.3. The fraction of sp³-hybridized carbons (Fsp3) is 0.483. The van der Waals surface area contributed by atoms with Gasteiger partial charge < -0.3 is 14.6 Å². The first-order chi connectivity index (χ1) is 16.1. The molecule has 0 bridgehead atoms. The van der Waals surface area contributed by atoms with E-state index in [1.54, 1.807) is 7.11 Å². The first-order valence-corrected chi connectivity index (χ1v) is 12.2. The van der Waals surface area contributed by atoms with Crippen LogP contribution in [-0.4, -0.2) is 42.7 Å². The number of ether oxygens (including phenoxy) is 2. The molecule has 34 heavy (non-hydrogen) atoms. The predicted molar refractivity (Wildman–Crippen MR) is 135 cm³/mol. The SMILES string of the molecule is COc1cc(CC(C)(C)C)ccc1COc1ccc2c(c1)CCC(CN1CC(C(=O)O)C1)=C2C. The number of aryl methyl sites for hydroxylation is 1. The zero-order chi connectivity index (χ0) is 24.5. The van der Waals surface area contributed by atoms with Gasteiger partial charge in [0.15, 0.2) is 0 Å². The molecular formula is C29H37NO4. The molecule has 1 aliphatic heterocycles. The normalized spacial score (nSPS) is 16.7. The molecule has 4 rings (SSSR count). The maximum atomic E-state index is 11.1. The number of likely N-dealkylation sites (tertiary alicyclic amines) is 1. The molecule has 0 amide bonds. The molecule has 0 spiro atoms. The van der Waals surface area contributed by atoms with Crippen molar-refractivity contribution in [1.82, 2.24) is 4.90 Å². The van der Waals surface area contributed by atoms with Gasteiger partial charge >= 0.3 is 5.97 Å². The van der Waals surface area contributed by atoms with Crippen molar-refractivity contribution in [2.45, 2.75) is 53.6 Å². The van der Waals surface area contributed by atoms with Crippen LogP contribution in [0.4, 0.5) is 0 Å². The molecule has 1 heterocycles. The van der Waals surface area contributed by atoms with E-state index in [2.05, 4.69) is 69.0 Å². The molecule has 2 aromatic rings. The van der Waals surface area contributed by atoms with Gasteiger partial charge in [-0.25, -0.2) is 0 Å². The molecule has 1 N–H and O–H groups in total. The van der Waals surface area contributed by atoms with Gasteiger partial charge in [-0.05, 0) is 72.1 Å². The second-order valence-electron chi connectivity index (χ2n) is 10.9. The lowest BCUT2D eigenvalue weighted by Gasteiger charge is -2.38. The number of allylic oxidation sites excluding steroid dienone is 1. The molecule has 2 aliphatic rings. The van der Waals surface area contributed by atoms with Crippen LogP contribution in [-0.2, 0) is 24.2 Å². The summed E-state index contributed by atoms with van der Waals surface area (Å²) in [5, 5.41) is 9.11. The van der Waals surface area contributed by atoms with Crippen LogP contribution in [0.1, 0.15) is 56.4 Å². The van der Waals surface area contributed by atoms with Crippen molar-refractivity contribution >= 4 is 11.5 Å². The molecular weight excluding hydrogens is 426 g/mol. The van der Waals surface area contributed by atoms with Gasteiger partial charge in [0.1, 0.15) is 18.1 Å². The number of carboxylic acids is 1. The number of aliphatic carboxylic acids is 1. The van der Waals surface area contributed by atoms with Crippen molar-refractivity contribution in [3.8, 4) is 11.5 Å². The standard InChI is InChI=1S/C29H37NO4/c1-19-22(15-30-16-24(17-30)28(31)32)9-8-21-13-25(10-11-26(19)21)34-18-23-7-6-20(12-27(23)33-5)14-29(2,3)4/h6-7,10-13,24H,8-9,14-18H2,1-5H3,(H,31,32). The lowest BCUT2D eigenvalue weighted by Crippen LogP contribution is -2.50. The van der Waals surface area contributed by atoms with Gasteiger partial charge in [0, 0.05) is 25.2 Å². The minimum atomic E-state index is -0.679. The molecule has 182 valence electrons. The van der Waals surface area contributed by atoms with E-state index in [9.17, 15) is 4.79 Å². The van der Waals surface area contributed by atoms with Gasteiger partial charge in [0.2, 0.25) is 0 Å². The van der Waals surface area contributed by atoms with Crippen LogP contribution in [0, 0.1) is 11.3 Å². The Morgan fingerprint density at radius 3 is 2.56 bits per heavy atom. The van der Waals surface area contributed by atoms with E-state index in [0.717, 1.165) is 42.9 Å². The Hall–Kier alpha value is -2.79. The quantitative estimate of drug-likeness (QED) is 0.552. The van der Waals surface area contributed by atoms with E-state index in [0.29, 0.717) is 19.7 Å². The molecule has 5 nitrogen and oxygen atoms in total. The van der Waals surface area contributed by atoms with E-state index < -0.39 is 5.97 Å². The first kappa shape index (κ1) is 24.3. The molecule has 1 fully saturated rings. The fourth-order valence-corrected chi connectivity index (χ4v) is 5.01. The van der Waals surface area contributed by atoms with Crippen LogP contribution in [0.2, 0.25) is 0 Å². The Morgan fingerprint density at radius 2 is 1.88 bits per heavy atom. The number of methoxy groups -OCH3 is 1. The van der Waals surface area contributed by atoms with Crippen LogP contribution in [0.15, 0.2) is 42.0 Å². The van der Waals surface area contributed by atoms with Crippen LogP contribution in [0.5, 0.6) is 11.5 Å². The highest BCUT2D eigenvalue weighted by atomic mass is 16.5. The Balaban J connectivity index is 1.40. The number of hydrogen-bond donors (Lipinski definition) is 1. The fourth-order valence-electron chi connectivity index (χ4n) is 5.01. The molecule has 1 aliphatic carbocycles. The number of rotatable bonds is 8. The zero-order valence-electron chi connectivity index (χ0n) is 21.1. The summed E-state index contributed by atoms with van der Waals surface area (Å²) < 4.78 is 11.8. The molecule has 0 saturated carbocycles. The molecule has 2 aromatic carbocycles. The summed E-state index contributed by atoms with van der Waals surface area (Å²) in [6, 6.07) is 12.8. The maximum absolute atomic E-state index is 11.1. The number of carboxylic acid groups (broad SMARTS) is 1. The topological polar surface area (TPSA) is 59.0 Å². The Bertz CT molecular complexity index is 1090. The number of carbonyl (C=O) groups is 1. The summed E-state index contributed by atoms with van der Waals surface area (Å²) >= 11 is 0. The van der Waals surface area contributed by atoms with E-state index in [1.807, 2.05) is 0 Å². The number of fused-ring (bicyclic) bond motifs is 1. The average Bonchev–Trinajstić information content (AvgIpc) is 2.74. The highest BCUT2D eigenvalue weighted by molar-refractivity contribution is 5.73. The van der Waals surface area contributed by atoms with Crippen molar-refractivity contribution in [2.24, 2.45) is 11.3 Å². The monoisotopic (exact) mass is 463 g/mol. The van der Waals surface area contributed by atoms with Crippen LogP contribution in [0.3, 0.4) is 0 Å². The second kappa shape index (κ2) is 9.83. The molecule has 0 aromatic heterocycles. The van der Waals surface area contributed by atoms with E-state index >= 15 is 0 Å². The van der Waals surface area contributed by atoms with Gasteiger partial charge in [0.25, 0.3) is 0 Å². The van der Waals surface area contributed by atoms with E-state index in [-0.39, 0.29) is 11.3 Å². The second-order valence-corrected chi connectivity index (χ2v) is 10.9. The molecule has 5 heteroatoms. The van der Waals surface area contributed by atoms with E-state index in [4.69, 9.17) is 14.6 Å². The van der Waals surface area contributed by atoms with Gasteiger partial charge in [-0.1, -0.05) is 44.5 Å². The lowest BCUT2D eigenvalue weighted by molar-refractivity contribution is -0.147. The Kier molecular flexibility index (Phi) is 7.04. The van der Waals surface area contributed by atoms with Gasteiger partial charge in [-0.15, -0.1) is 0 Å². The Morgan fingerprint density at radius 1 is 1.12 bits per heavy atom. The Labute approximate surface area is 203 Å². The molecule has 0 atom stereocenters. The van der Waals surface area contributed by atoms with Gasteiger partial charge in [-0.3, -0.25) is 9.69 Å². The van der Waals surface area contributed by atoms with Gasteiger partial charge in [0.05, 0.1) is 13.0 Å².